The fourth-order valence-corrected chi connectivity index (χ4v) is 4.16. The van der Waals surface area contributed by atoms with Crippen molar-refractivity contribution in [3.8, 4) is 0 Å². The number of nitrogens with one attached hydrogen (secondary N) is 1. The first-order valence-corrected chi connectivity index (χ1v) is 10.2. The zero-order valence-electron chi connectivity index (χ0n) is 16.0. The maximum absolute atomic E-state index is 5.72. The van der Waals surface area contributed by atoms with E-state index in [1.165, 1.54) is 11.3 Å². The van der Waals surface area contributed by atoms with Crippen LogP contribution in [0.4, 0.5) is 0 Å². The van der Waals surface area contributed by atoms with Crippen LogP contribution in [0.1, 0.15) is 48.8 Å². The number of nitrogens with zero attached hydrogens (tertiary/aromatic N) is 4. The summed E-state index contributed by atoms with van der Waals surface area (Å²) < 4.78 is 2.30. The van der Waals surface area contributed by atoms with Gasteiger partial charge in [0.25, 0.3) is 0 Å². The predicted molar refractivity (Wildman–Crippen MR) is 115 cm³/mol. The second-order valence-corrected chi connectivity index (χ2v) is 7.48. The summed E-state index contributed by atoms with van der Waals surface area (Å²) in [4.78, 5) is 11.2. The zero-order valence-corrected chi connectivity index (χ0v) is 16.8. The molecule has 28 heavy (non-hydrogen) atoms. The first kappa shape index (κ1) is 18.6. The number of rotatable bonds is 7. The van der Waals surface area contributed by atoms with E-state index in [4.69, 9.17) is 12.2 Å². The summed E-state index contributed by atoms with van der Waals surface area (Å²) in [5, 5.41) is 4.34. The Morgan fingerprint density at radius 3 is 2.79 bits per heavy atom. The van der Waals surface area contributed by atoms with Gasteiger partial charge in [-0.2, -0.15) is 0 Å². The minimum Gasteiger partial charge on any atom is -0.352 e. The minimum absolute atomic E-state index is 0.0353. The van der Waals surface area contributed by atoms with Gasteiger partial charge < -0.3 is 14.8 Å². The average molecular weight is 392 g/mol. The van der Waals surface area contributed by atoms with Gasteiger partial charge in [-0.3, -0.25) is 9.97 Å². The molecule has 1 fully saturated rings. The van der Waals surface area contributed by atoms with E-state index in [1.807, 2.05) is 36.8 Å². The summed E-state index contributed by atoms with van der Waals surface area (Å²) in [5.41, 5.74) is 3.44. The van der Waals surface area contributed by atoms with E-state index in [1.54, 1.807) is 0 Å². The first-order chi connectivity index (χ1) is 13.8. The zero-order chi connectivity index (χ0) is 19.3. The second-order valence-electron chi connectivity index (χ2n) is 7.10. The molecular weight excluding hydrogens is 366 g/mol. The summed E-state index contributed by atoms with van der Waals surface area (Å²) in [7, 11) is 0. The summed E-state index contributed by atoms with van der Waals surface area (Å²) >= 11 is 5.72. The quantitative estimate of drug-likeness (QED) is 0.615. The molecule has 2 atom stereocenters. The van der Waals surface area contributed by atoms with Crippen molar-refractivity contribution < 1.29 is 0 Å². The highest BCUT2D eigenvalue weighted by Gasteiger charge is 2.40. The van der Waals surface area contributed by atoms with Gasteiger partial charge in [0.05, 0.1) is 17.8 Å². The maximum Gasteiger partial charge on any atom is 0.170 e. The average Bonchev–Trinajstić information content (AvgIpc) is 3.31. The molecule has 144 valence electrons. The van der Waals surface area contributed by atoms with E-state index in [0.717, 1.165) is 36.7 Å². The molecule has 1 N–H and O–H groups in total. The van der Waals surface area contributed by atoms with Crippen molar-refractivity contribution >= 4 is 17.3 Å². The van der Waals surface area contributed by atoms with Crippen LogP contribution in [0.25, 0.3) is 0 Å². The third kappa shape index (κ3) is 3.78. The van der Waals surface area contributed by atoms with Crippen molar-refractivity contribution in [2.45, 2.75) is 38.4 Å². The number of hydrogen-bond donors (Lipinski definition) is 1. The lowest BCUT2D eigenvalue weighted by molar-refractivity contribution is 0.300. The number of thiocarbonyl (C=S) groups is 1. The molecule has 1 aliphatic rings. The van der Waals surface area contributed by atoms with Crippen LogP contribution in [-0.2, 0) is 6.54 Å². The molecule has 6 heteroatoms. The molecule has 0 aromatic carbocycles. The molecule has 0 amide bonds. The largest absolute Gasteiger partial charge is 0.352 e. The Labute approximate surface area is 171 Å². The SMILES string of the molecule is CCCCN1C(=S)N[C@H](c2ccccn2)[C@@H]1c1cccn1Cc1cccnc1. The molecule has 0 aliphatic carbocycles. The fourth-order valence-electron chi connectivity index (χ4n) is 3.82. The molecule has 1 saturated heterocycles. The Morgan fingerprint density at radius 1 is 1.11 bits per heavy atom. The van der Waals surface area contributed by atoms with Crippen LogP contribution in [0.15, 0.2) is 67.3 Å². The molecule has 3 aromatic heterocycles. The Morgan fingerprint density at radius 2 is 2.04 bits per heavy atom. The molecule has 0 saturated carbocycles. The van der Waals surface area contributed by atoms with Crippen LogP contribution in [0.5, 0.6) is 0 Å². The second kappa shape index (κ2) is 8.52. The van der Waals surface area contributed by atoms with E-state index in [0.29, 0.717) is 0 Å². The Balaban J connectivity index is 1.70. The highest BCUT2D eigenvalue weighted by molar-refractivity contribution is 7.80. The predicted octanol–water partition coefficient (Wildman–Crippen LogP) is 4.10. The molecule has 0 radical (unpaired) electrons. The van der Waals surface area contributed by atoms with Crippen LogP contribution in [0.3, 0.4) is 0 Å². The summed E-state index contributed by atoms with van der Waals surface area (Å²) in [5.74, 6) is 0. The molecular formula is C22H25N5S. The lowest BCUT2D eigenvalue weighted by Gasteiger charge is -2.29. The number of pyridine rings is 2. The van der Waals surface area contributed by atoms with Crippen LogP contribution >= 0.6 is 12.2 Å². The normalized spacial score (nSPS) is 19.0. The standard InChI is InChI=1S/C22H25N5S/c1-2-3-14-27-21(20(25-22(27)28)18-9-4-5-12-24-18)19-10-7-13-26(19)16-17-8-6-11-23-15-17/h4-13,15,20-21H,2-3,14,16H2,1H3,(H,25,28)/t20-,21+/m1/s1. The Kier molecular flexibility index (Phi) is 5.67. The first-order valence-electron chi connectivity index (χ1n) is 9.80. The highest BCUT2D eigenvalue weighted by Crippen LogP contribution is 2.39. The van der Waals surface area contributed by atoms with Crippen LogP contribution < -0.4 is 5.32 Å². The molecule has 3 aromatic rings. The van der Waals surface area contributed by atoms with Crippen molar-refractivity contribution in [1.29, 1.82) is 0 Å². The van der Waals surface area contributed by atoms with E-state index < -0.39 is 0 Å². The van der Waals surface area contributed by atoms with Crippen molar-refractivity contribution in [2.75, 3.05) is 6.54 Å². The van der Waals surface area contributed by atoms with Crippen LogP contribution in [0, 0.1) is 0 Å². The van der Waals surface area contributed by atoms with E-state index in [9.17, 15) is 0 Å². The van der Waals surface area contributed by atoms with E-state index >= 15 is 0 Å². The summed E-state index contributed by atoms with van der Waals surface area (Å²) in [6.45, 7) is 3.94. The molecule has 0 unspecified atom stereocenters. The van der Waals surface area contributed by atoms with Crippen LogP contribution in [-0.4, -0.2) is 31.1 Å². The van der Waals surface area contributed by atoms with Gasteiger partial charge in [0.15, 0.2) is 5.11 Å². The number of hydrogen-bond acceptors (Lipinski definition) is 3. The van der Waals surface area contributed by atoms with Gasteiger partial charge in [0, 0.05) is 43.6 Å². The molecule has 1 aliphatic heterocycles. The van der Waals surface area contributed by atoms with Gasteiger partial charge in [-0.1, -0.05) is 25.5 Å². The van der Waals surface area contributed by atoms with Gasteiger partial charge >= 0.3 is 0 Å². The molecule has 4 heterocycles. The summed E-state index contributed by atoms with van der Waals surface area (Å²) in [6.07, 6.45) is 9.96. The number of unbranched alkanes of at least 4 members (excludes halogenated alkanes) is 1. The maximum atomic E-state index is 5.72. The Bertz CT molecular complexity index is 909. The Hall–Kier alpha value is -2.73. The smallest absolute Gasteiger partial charge is 0.170 e. The van der Waals surface area contributed by atoms with Crippen LogP contribution in [0.2, 0.25) is 0 Å². The van der Waals surface area contributed by atoms with Crippen molar-refractivity contribution in [3.63, 3.8) is 0 Å². The van der Waals surface area contributed by atoms with Gasteiger partial charge in [-0.25, -0.2) is 0 Å². The van der Waals surface area contributed by atoms with Crippen molar-refractivity contribution in [2.24, 2.45) is 0 Å². The number of aromatic nitrogens is 3. The topological polar surface area (TPSA) is 46.0 Å². The van der Waals surface area contributed by atoms with Crippen molar-refractivity contribution in [3.05, 3.63) is 84.2 Å². The van der Waals surface area contributed by atoms with E-state index in [2.05, 4.69) is 62.1 Å². The van der Waals surface area contributed by atoms with E-state index in [-0.39, 0.29) is 12.1 Å². The lowest BCUT2D eigenvalue weighted by Crippen LogP contribution is -2.31. The third-order valence-electron chi connectivity index (χ3n) is 5.19. The third-order valence-corrected chi connectivity index (χ3v) is 5.55. The van der Waals surface area contributed by atoms with Gasteiger partial charge in [0.2, 0.25) is 0 Å². The molecule has 0 bridgehead atoms. The van der Waals surface area contributed by atoms with Crippen molar-refractivity contribution in [1.82, 2.24) is 24.8 Å². The lowest BCUT2D eigenvalue weighted by atomic mass is 10.0. The summed E-state index contributed by atoms with van der Waals surface area (Å²) in [6, 6.07) is 14.6. The molecule has 0 spiro atoms. The monoisotopic (exact) mass is 391 g/mol. The molecule has 5 nitrogen and oxygen atoms in total. The van der Waals surface area contributed by atoms with Gasteiger partial charge in [-0.05, 0) is 54.5 Å². The molecule has 4 rings (SSSR count). The minimum atomic E-state index is 0.0353. The van der Waals surface area contributed by atoms with Gasteiger partial charge in [0.1, 0.15) is 0 Å². The highest BCUT2D eigenvalue weighted by atomic mass is 32.1. The fraction of sp³-hybridized carbons (Fsp3) is 0.318. The van der Waals surface area contributed by atoms with Gasteiger partial charge in [-0.15, -0.1) is 0 Å².